The highest BCUT2D eigenvalue weighted by atomic mass is 19.4. The van der Waals surface area contributed by atoms with E-state index in [1.165, 1.54) is 36.3 Å². The third-order valence-electron chi connectivity index (χ3n) is 6.79. The molecule has 2 heterocycles. The second kappa shape index (κ2) is 9.68. The fourth-order valence-corrected chi connectivity index (χ4v) is 4.78. The van der Waals surface area contributed by atoms with E-state index in [-0.39, 0.29) is 28.9 Å². The molecule has 4 nitrogen and oxygen atoms in total. The van der Waals surface area contributed by atoms with Gasteiger partial charge in [0.05, 0.1) is 18.4 Å². The molecule has 2 radical (unpaired) electrons. The number of ether oxygens (including phenoxy) is 1. The van der Waals surface area contributed by atoms with Gasteiger partial charge < -0.3 is 14.5 Å². The molecule has 1 fully saturated rings. The zero-order chi connectivity index (χ0) is 26.3. The summed E-state index contributed by atoms with van der Waals surface area (Å²) in [6.45, 7) is 6.02. The number of fused-ring (bicyclic) bond motifs is 1. The van der Waals surface area contributed by atoms with E-state index >= 15 is 0 Å². The van der Waals surface area contributed by atoms with Gasteiger partial charge in [0.1, 0.15) is 35.5 Å². The van der Waals surface area contributed by atoms with Crippen molar-refractivity contribution in [3.05, 3.63) is 89.5 Å². The lowest BCUT2D eigenvalue weighted by Crippen LogP contribution is -2.43. The van der Waals surface area contributed by atoms with E-state index in [4.69, 9.17) is 4.74 Å². The van der Waals surface area contributed by atoms with Crippen LogP contribution in [0.3, 0.4) is 0 Å². The van der Waals surface area contributed by atoms with Gasteiger partial charge in [-0.05, 0) is 67.8 Å². The summed E-state index contributed by atoms with van der Waals surface area (Å²) in [6.07, 6.45) is -3.34. The number of halogens is 5. The fourth-order valence-electron chi connectivity index (χ4n) is 4.78. The Labute approximate surface area is 212 Å². The molecule has 0 bridgehead atoms. The number of aryl methyl sites for hydroxylation is 1. The molecule has 5 rings (SSSR count). The molecule has 0 unspecified atom stereocenters. The number of methoxy groups -OCH3 is 1. The van der Waals surface area contributed by atoms with Gasteiger partial charge in [-0.1, -0.05) is 12.1 Å². The second-order valence-electron chi connectivity index (χ2n) is 9.13. The van der Waals surface area contributed by atoms with E-state index < -0.39 is 17.6 Å². The smallest absolute Gasteiger partial charge is 0.416 e. The van der Waals surface area contributed by atoms with Crippen LogP contribution in [-0.4, -0.2) is 26.0 Å². The standard InChI is InChI=1S/C28H24F5N3O/c1-17-14-21(7-8-22(17)29)35-12-10-18(11-13-35)27-34-26-19(4-3-5-23(26)30)16-36(27)24-15-20(28(31,32)33)6-9-25(24)37-2/h3-9,14-15,18H,10-13H2,1-2H3. The van der Waals surface area contributed by atoms with Crippen molar-refractivity contribution in [3.63, 3.8) is 0 Å². The Hall–Kier alpha value is -3.62. The van der Waals surface area contributed by atoms with E-state index in [2.05, 4.69) is 16.4 Å². The largest absolute Gasteiger partial charge is 0.495 e. The summed E-state index contributed by atoms with van der Waals surface area (Å²) in [7, 11) is 1.38. The topological polar surface area (TPSA) is 28.1 Å². The van der Waals surface area contributed by atoms with Gasteiger partial charge in [-0.3, -0.25) is 0 Å². The number of amidine groups is 1. The Morgan fingerprint density at radius 1 is 0.973 bits per heavy atom. The van der Waals surface area contributed by atoms with Crippen LogP contribution in [0.15, 0.2) is 59.6 Å². The number of alkyl halides is 3. The van der Waals surface area contributed by atoms with Crippen molar-refractivity contribution >= 4 is 22.9 Å². The molecular weight excluding hydrogens is 489 g/mol. The Morgan fingerprint density at radius 3 is 2.41 bits per heavy atom. The maximum atomic E-state index is 14.7. The summed E-state index contributed by atoms with van der Waals surface area (Å²) >= 11 is 0. The van der Waals surface area contributed by atoms with Crippen molar-refractivity contribution in [3.8, 4) is 5.75 Å². The number of aliphatic imine (C=N–C) groups is 1. The van der Waals surface area contributed by atoms with Crippen LogP contribution in [0.4, 0.5) is 39.0 Å². The van der Waals surface area contributed by atoms with E-state index in [1.54, 1.807) is 25.1 Å². The average molecular weight is 514 g/mol. The molecule has 2 aliphatic heterocycles. The zero-order valence-corrected chi connectivity index (χ0v) is 20.2. The molecule has 2 aliphatic rings. The van der Waals surface area contributed by atoms with E-state index in [0.717, 1.165) is 17.8 Å². The lowest BCUT2D eigenvalue weighted by atomic mass is 9.92. The number of hydrogen-bond acceptors (Lipinski definition) is 4. The van der Waals surface area contributed by atoms with Gasteiger partial charge in [0.2, 0.25) is 0 Å². The number of nitrogens with zero attached hydrogens (tertiary/aromatic N) is 3. The Balaban J connectivity index is 1.51. The first kappa shape index (κ1) is 25.0. The van der Waals surface area contributed by atoms with E-state index in [0.29, 0.717) is 42.9 Å². The van der Waals surface area contributed by atoms with E-state index in [9.17, 15) is 22.0 Å². The zero-order valence-electron chi connectivity index (χ0n) is 20.2. The minimum Gasteiger partial charge on any atom is -0.495 e. The number of para-hydroxylation sites is 1. The van der Waals surface area contributed by atoms with Crippen LogP contribution >= 0.6 is 0 Å². The Kier molecular flexibility index (Phi) is 6.56. The van der Waals surface area contributed by atoms with Crippen LogP contribution in [0.5, 0.6) is 5.75 Å². The SMILES string of the molecule is COc1ccc(C(F)(F)F)cc1N1[C]c2cccc(F)c2N=C1C1CCN(c2ccc(F)c(C)c2)CC1. The average Bonchev–Trinajstić information content (AvgIpc) is 2.89. The van der Waals surface area contributed by atoms with Crippen LogP contribution in [0.2, 0.25) is 0 Å². The first-order valence-electron chi connectivity index (χ1n) is 11.9. The summed E-state index contributed by atoms with van der Waals surface area (Å²) in [5.74, 6) is -0.361. The third kappa shape index (κ3) is 4.86. The number of rotatable bonds is 4. The van der Waals surface area contributed by atoms with Crippen molar-refractivity contribution in [2.45, 2.75) is 25.9 Å². The van der Waals surface area contributed by atoms with Gasteiger partial charge in [0, 0.05) is 30.3 Å². The maximum Gasteiger partial charge on any atom is 0.416 e. The van der Waals surface area contributed by atoms with Crippen LogP contribution < -0.4 is 14.5 Å². The summed E-state index contributed by atoms with van der Waals surface area (Å²) in [5.41, 5.74) is 1.18. The van der Waals surface area contributed by atoms with Crippen molar-refractivity contribution < 1.29 is 26.7 Å². The molecule has 3 aromatic carbocycles. The molecule has 0 atom stereocenters. The molecule has 0 amide bonds. The van der Waals surface area contributed by atoms with Crippen LogP contribution in [0.25, 0.3) is 0 Å². The quantitative estimate of drug-likeness (QED) is 0.347. The number of anilines is 2. The first-order valence-corrected chi connectivity index (χ1v) is 11.9. The molecule has 0 aliphatic carbocycles. The van der Waals surface area contributed by atoms with Gasteiger partial charge in [-0.15, -0.1) is 0 Å². The highest BCUT2D eigenvalue weighted by Gasteiger charge is 2.36. The lowest BCUT2D eigenvalue weighted by Gasteiger charge is -2.39. The Morgan fingerprint density at radius 2 is 1.73 bits per heavy atom. The molecule has 0 spiro atoms. The van der Waals surface area contributed by atoms with Gasteiger partial charge in [-0.2, -0.15) is 13.2 Å². The van der Waals surface area contributed by atoms with Crippen LogP contribution in [0.1, 0.15) is 29.5 Å². The molecule has 1 saturated heterocycles. The monoisotopic (exact) mass is 513 g/mol. The van der Waals surface area contributed by atoms with Crippen LogP contribution in [-0.2, 0) is 6.18 Å². The third-order valence-corrected chi connectivity index (χ3v) is 6.79. The Bertz CT molecular complexity index is 1350. The highest BCUT2D eigenvalue weighted by molar-refractivity contribution is 6.05. The summed E-state index contributed by atoms with van der Waals surface area (Å²) in [6, 6.07) is 12.6. The lowest BCUT2D eigenvalue weighted by molar-refractivity contribution is -0.137. The summed E-state index contributed by atoms with van der Waals surface area (Å²) < 4.78 is 74.6. The van der Waals surface area contributed by atoms with Gasteiger partial charge in [-0.25, -0.2) is 13.8 Å². The van der Waals surface area contributed by atoms with Gasteiger partial charge >= 0.3 is 6.18 Å². The molecule has 0 aromatic heterocycles. The van der Waals surface area contributed by atoms with Crippen molar-refractivity contribution in [1.82, 2.24) is 0 Å². The van der Waals surface area contributed by atoms with Crippen LogP contribution in [0, 0.1) is 31.0 Å². The first-order chi connectivity index (χ1) is 17.7. The van der Waals surface area contributed by atoms with Crippen molar-refractivity contribution in [2.75, 3.05) is 30.0 Å². The number of piperidine rings is 1. The molecule has 0 N–H and O–H groups in total. The normalized spacial score (nSPS) is 16.5. The van der Waals surface area contributed by atoms with E-state index in [1.807, 2.05) is 0 Å². The fraction of sp³-hybridized carbons (Fsp3) is 0.286. The molecule has 192 valence electrons. The van der Waals surface area contributed by atoms with Gasteiger partial charge in [0.15, 0.2) is 0 Å². The minimum absolute atomic E-state index is 0.108. The summed E-state index contributed by atoms with van der Waals surface area (Å²) in [4.78, 5) is 8.22. The molecular formula is C28H24F5N3O. The van der Waals surface area contributed by atoms with Crippen molar-refractivity contribution in [2.24, 2.45) is 10.9 Å². The molecule has 9 heteroatoms. The highest BCUT2D eigenvalue weighted by Crippen LogP contribution is 2.42. The number of benzene rings is 3. The summed E-state index contributed by atoms with van der Waals surface area (Å²) in [5, 5.41) is 0. The number of hydrogen-bond donors (Lipinski definition) is 0. The minimum atomic E-state index is -4.56. The molecule has 37 heavy (non-hydrogen) atoms. The van der Waals surface area contributed by atoms with Gasteiger partial charge in [0.25, 0.3) is 0 Å². The maximum absolute atomic E-state index is 14.7. The predicted octanol–water partition coefficient (Wildman–Crippen LogP) is 7.15. The molecule has 0 saturated carbocycles. The predicted molar refractivity (Wildman–Crippen MR) is 132 cm³/mol. The van der Waals surface area contributed by atoms with Crippen molar-refractivity contribution in [1.29, 1.82) is 0 Å². The second-order valence-corrected chi connectivity index (χ2v) is 9.13. The molecule has 3 aromatic rings.